The molecule has 2 aromatic rings. The molecule has 112 valence electrons. The lowest BCUT2D eigenvalue weighted by molar-refractivity contribution is 0.580. The summed E-state index contributed by atoms with van der Waals surface area (Å²) in [6.45, 7) is 4.26. The maximum atomic E-state index is 12.3. The zero-order chi connectivity index (χ0) is 15.5. The summed E-state index contributed by atoms with van der Waals surface area (Å²) >= 11 is 0. The first-order chi connectivity index (χ1) is 9.92. The van der Waals surface area contributed by atoms with Crippen LogP contribution in [-0.2, 0) is 23.1 Å². The van der Waals surface area contributed by atoms with Crippen LogP contribution in [0.15, 0.2) is 41.4 Å². The van der Waals surface area contributed by atoms with Gasteiger partial charge in [0.15, 0.2) is 0 Å². The molecule has 3 N–H and O–H groups in total. The molecule has 0 saturated heterocycles. The molecule has 0 aliphatic heterocycles. The molecule has 0 fully saturated rings. The van der Waals surface area contributed by atoms with Gasteiger partial charge in [-0.3, -0.25) is 4.98 Å². The number of sulfonamides is 1. The minimum absolute atomic E-state index is 0.216. The summed E-state index contributed by atoms with van der Waals surface area (Å²) in [5.41, 5.74) is 8.87. The van der Waals surface area contributed by atoms with Crippen LogP contribution in [0.1, 0.15) is 22.4 Å². The van der Waals surface area contributed by atoms with Crippen LogP contribution in [0, 0.1) is 13.8 Å². The summed E-state index contributed by atoms with van der Waals surface area (Å²) in [6.07, 6.45) is 1.67. The van der Waals surface area contributed by atoms with E-state index in [4.69, 9.17) is 5.73 Å². The van der Waals surface area contributed by atoms with E-state index >= 15 is 0 Å². The van der Waals surface area contributed by atoms with Gasteiger partial charge in [-0.25, -0.2) is 13.1 Å². The van der Waals surface area contributed by atoms with Gasteiger partial charge < -0.3 is 5.73 Å². The van der Waals surface area contributed by atoms with Gasteiger partial charge in [-0.05, 0) is 42.7 Å². The van der Waals surface area contributed by atoms with Gasteiger partial charge in [0.2, 0.25) is 10.0 Å². The van der Waals surface area contributed by atoms with Gasteiger partial charge in [-0.15, -0.1) is 0 Å². The highest BCUT2D eigenvalue weighted by molar-refractivity contribution is 7.89. The second kappa shape index (κ2) is 6.34. The molecule has 0 saturated carbocycles. The Kier molecular flexibility index (Phi) is 4.72. The Morgan fingerprint density at radius 2 is 1.86 bits per heavy atom. The predicted molar refractivity (Wildman–Crippen MR) is 82.1 cm³/mol. The van der Waals surface area contributed by atoms with Crippen molar-refractivity contribution in [3.05, 3.63) is 58.9 Å². The summed E-state index contributed by atoms with van der Waals surface area (Å²) in [5.74, 6) is 0. The summed E-state index contributed by atoms with van der Waals surface area (Å²) in [4.78, 5) is 4.42. The Bertz CT molecular complexity index is 725. The number of benzene rings is 1. The second-order valence-electron chi connectivity index (χ2n) is 4.94. The lowest BCUT2D eigenvalue weighted by Gasteiger charge is -2.10. The molecule has 2 rings (SSSR count). The molecule has 0 aliphatic carbocycles. The summed E-state index contributed by atoms with van der Waals surface area (Å²) in [6, 6.07) is 8.82. The first-order valence-corrected chi connectivity index (χ1v) is 8.11. The smallest absolute Gasteiger partial charge is 0.241 e. The van der Waals surface area contributed by atoms with Crippen molar-refractivity contribution in [3.8, 4) is 0 Å². The summed E-state index contributed by atoms with van der Waals surface area (Å²) in [7, 11) is -3.54. The highest BCUT2D eigenvalue weighted by atomic mass is 32.2. The quantitative estimate of drug-likeness (QED) is 0.879. The van der Waals surface area contributed by atoms with E-state index in [9.17, 15) is 8.42 Å². The molecule has 0 unspecified atom stereocenters. The van der Waals surface area contributed by atoms with Crippen LogP contribution in [0.2, 0.25) is 0 Å². The van der Waals surface area contributed by atoms with Gasteiger partial charge in [0.25, 0.3) is 0 Å². The van der Waals surface area contributed by atoms with Crippen molar-refractivity contribution in [2.45, 2.75) is 31.8 Å². The van der Waals surface area contributed by atoms with Crippen LogP contribution in [-0.4, -0.2) is 13.4 Å². The van der Waals surface area contributed by atoms with Crippen LogP contribution in [0.25, 0.3) is 0 Å². The molecule has 1 aromatic carbocycles. The lowest BCUT2D eigenvalue weighted by atomic mass is 10.1. The Balaban J connectivity index is 2.16. The summed E-state index contributed by atoms with van der Waals surface area (Å²) in [5, 5.41) is 0. The average Bonchev–Trinajstić information content (AvgIpc) is 2.46. The molecular formula is C15H19N3O2S. The van der Waals surface area contributed by atoms with E-state index in [-0.39, 0.29) is 11.4 Å². The molecule has 0 atom stereocenters. The number of hydrogen-bond donors (Lipinski definition) is 2. The van der Waals surface area contributed by atoms with E-state index in [1.54, 1.807) is 31.3 Å². The van der Waals surface area contributed by atoms with E-state index in [1.807, 2.05) is 19.1 Å². The normalized spacial score (nSPS) is 11.6. The molecule has 0 spiro atoms. The Morgan fingerprint density at radius 3 is 2.43 bits per heavy atom. The molecule has 21 heavy (non-hydrogen) atoms. The third-order valence-electron chi connectivity index (χ3n) is 3.20. The van der Waals surface area contributed by atoms with Gasteiger partial charge in [0.05, 0.1) is 4.90 Å². The summed E-state index contributed by atoms with van der Waals surface area (Å²) < 4.78 is 27.3. The Morgan fingerprint density at radius 1 is 1.14 bits per heavy atom. The van der Waals surface area contributed by atoms with Crippen molar-refractivity contribution in [2.24, 2.45) is 5.73 Å². The SMILES string of the molecule is Cc1ccc(CNS(=O)(=O)c2ccc(CN)cc2C)cn1. The van der Waals surface area contributed by atoms with Crippen LogP contribution in [0.5, 0.6) is 0 Å². The van der Waals surface area contributed by atoms with Crippen LogP contribution in [0.3, 0.4) is 0 Å². The number of rotatable bonds is 5. The van der Waals surface area contributed by atoms with Crippen molar-refractivity contribution in [3.63, 3.8) is 0 Å². The van der Waals surface area contributed by atoms with E-state index in [0.29, 0.717) is 12.1 Å². The molecule has 0 bridgehead atoms. The first-order valence-electron chi connectivity index (χ1n) is 6.63. The van der Waals surface area contributed by atoms with Crippen molar-refractivity contribution >= 4 is 10.0 Å². The molecule has 1 aromatic heterocycles. The molecule has 0 radical (unpaired) electrons. The molecular weight excluding hydrogens is 286 g/mol. The van der Waals surface area contributed by atoms with E-state index in [0.717, 1.165) is 16.8 Å². The van der Waals surface area contributed by atoms with E-state index < -0.39 is 10.0 Å². The third-order valence-corrected chi connectivity index (χ3v) is 4.76. The largest absolute Gasteiger partial charge is 0.326 e. The second-order valence-corrected chi connectivity index (χ2v) is 6.67. The predicted octanol–water partition coefficient (Wildman–Crippen LogP) is 1.64. The standard InChI is InChI=1S/C15H19N3O2S/c1-11-7-13(8-16)5-6-15(11)21(19,20)18-10-14-4-3-12(2)17-9-14/h3-7,9,18H,8,10,16H2,1-2H3. The van der Waals surface area contributed by atoms with Gasteiger partial charge in [0, 0.05) is 25.0 Å². The zero-order valence-electron chi connectivity index (χ0n) is 12.1. The van der Waals surface area contributed by atoms with Gasteiger partial charge in [0.1, 0.15) is 0 Å². The number of aromatic nitrogens is 1. The fourth-order valence-corrected chi connectivity index (χ4v) is 3.24. The topological polar surface area (TPSA) is 85.1 Å². The number of hydrogen-bond acceptors (Lipinski definition) is 4. The average molecular weight is 305 g/mol. The molecule has 5 nitrogen and oxygen atoms in total. The number of nitrogens with two attached hydrogens (primary N) is 1. The van der Waals surface area contributed by atoms with E-state index in [2.05, 4.69) is 9.71 Å². The molecule has 1 heterocycles. The first kappa shape index (κ1) is 15.6. The van der Waals surface area contributed by atoms with Gasteiger partial charge in [-0.2, -0.15) is 0 Å². The number of nitrogens with one attached hydrogen (secondary N) is 1. The van der Waals surface area contributed by atoms with Crippen molar-refractivity contribution in [1.82, 2.24) is 9.71 Å². The van der Waals surface area contributed by atoms with Gasteiger partial charge in [-0.1, -0.05) is 18.2 Å². The minimum atomic E-state index is -3.54. The van der Waals surface area contributed by atoms with Crippen molar-refractivity contribution in [1.29, 1.82) is 0 Å². The highest BCUT2D eigenvalue weighted by Gasteiger charge is 2.16. The maximum Gasteiger partial charge on any atom is 0.241 e. The monoisotopic (exact) mass is 305 g/mol. The Labute approximate surface area is 125 Å². The highest BCUT2D eigenvalue weighted by Crippen LogP contribution is 2.17. The van der Waals surface area contributed by atoms with Crippen molar-refractivity contribution < 1.29 is 8.42 Å². The zero-order valence-corrected chi connectivity index (χ0v) is 12.9. The van der Waals surface area contributed by atoms with Crippen LogP contribution < -0.4 is 10.5 Å². The van der Waals surface area contributed by atoms with E-state index in [1.165, 1.54) is 0 Å². The van der Waals surface area contributed by atoms with Crippen LogP contribution >= 0.6 is 0 Å². The lowest BCUT2D eigenvalue weighted by Crippen LogP contribution is -2.24. The number of aryl methyl sites for hydroxylation is 2. The number of pyridine rings is 1. The fourth-order valence-electron chi connectivity index (χ4n) is 2.00. The minimum Gasteiger partial charge on any atom is -0.326 e. The fraction of sp³-hybridized carbons (Fsp3) is 0.267. The maximum absolute atomic E-state index is 12.3. The third kappa shape index (κ3) is 3.87. The van der Waals surface area contributed by atoms with Gasteiger partial charge >= 0.3 is 0 Å². The molecule has 0 amide bonds. The molecule has 0 aliphatic rings. The van der Waals surface area contributed by atoms with Crippen molar-refractivity contribution in [2.75, 3.05) is 0 Å². The number of nitrogens with zero attached hydrogens (tertiary/aromatic N) is 1. The molecule has 6 heteroatoms. The van der Waals surface area contributed by atoms with Crippen LogP contribution in [0.4, 0.5) is 0 Å². The Hall–Kier alpha value is -1.76.